The summed E-state index contributed by atoms with van der Waals surface area (Å²) in [5, 5.41) is 3.91. The van der Waals surface area contributed by atoms with Gasteiger partial charge >= 0.3 is 0 Å². The van der Waals surface area contributed by atoms with Crippen LogP contribution in [0.3, 0.4) is 0 Å². The van der Waals surface area contributed by atoms with E-state index < -0.39 is 6.10 Å². The van der Waals surface area contributed by atoms with E-state index in [1.54, 1.807) is 23.8 Å². The topological polar surface area (TPSA) is 75.9 Å². The third-order valence-electron chi connectivity index (χ3n) is 4.63. The monoisotopic (exact) mass is 357 g/mol. The van der Waals surface area contributed by atoms with Crippen LogP contribution in [0.2, 0.25) is 0 Å². The Hall–Kier alpha value is -2.83. The lowest BCUT2D eigenvalue weighted by Crippen LogP contribution is -2.45. The van der Waals surface area contributed by atoms with Crippen LogP contribution in [0.25, 0.3) is 0 Å². The van der Waals surface area contributed by atoms with Gasteiger partial charge < -0.3 is 19.1 Å². The van der Waals surface area contributed by atoms with Gasteiger partial charge in [0.15, 0.2) is 6.10 Å². The molecule has 1 aromatic heterocycles. The van der Waals surface area contributed by atoms with Gasteiger partial charge in [-0.3, -0.25) is 9.59 Å². The summed E-state index contributed by atoms with van der Waals surface area (Å²) < 4.78 is 10.8. The van der Waals surface area contributed by atoms with Gasteiger partial charge in [0.1, 0.15) is 11.5 Å². The second-order valence-corrected chi connectivity index (χ2v) is 6.52. The van der Waals surface area contributed by atoms with E-state index in [4.69, 9.17) is 9.26 Å². The molecule has 7 heteroatoms. The number of para-hydroxylation sites is 2. The highest BCUT2D eigenvalue weighted by atomic mass is 16.5. The lowest BCUT2D eigenvalue weighted by Gasteiger charge is -2.33. The number of benzene rings is 1. The second kappa shape index (κ2) is 7.19. The summed E-state index contributed by atoms with van der Waals surface area (Å²) in [5.41, 5.74) is 2.41. The maximum Gasteiger partial charge on any atom is 0.267 e. The highest BCUT2D eigenvalue weighted by molar-refractivity contribution is 6.00. The van der Waals surface area contributed by atoms with E-state index in [0.29, 0.717) is 30.3 Å². The molecule has 0 radical (unpaired) electrons. The van der Waals surface area contributed by atoms with Gasteiger partial charge in [-0.05, 0) is 32.9 Å². The van der Waals surface area contributed by atoms with Crippen LogP contribution in [0.15, 0.2) is 28.8 Å². The first-order valence-electron chi connectivity index (χ1n) is 8.61. The van der Waals surface area contributed by atoms with Crippen LogP contribution in [0.1, 0.15) is 30.4 Å². The lowest BCUT2D eigenvalue weighted by atomic mass is 10.1. The molecular formula is C19H23N3O4. The smallest absolute Gasteiger partial charge is 0.267 e. The summed E-state index contributed by atoms with van der Waals surface area (Å²) in [6.07, 6.45) is -0.327. The Morgan fingerprint density at radius 1 is 1.31 bits per heavy atom. The van der Waals surface area contributed by atoms with Crippen molar-refractivity contribution in [3.8, 4) is 5.75 Å². The van der Waals surface area contributed by atoms with Gasteiger partial charge in [-0.1, -0.05) is 17.3 Å². The third kappa shape index (κ3) is 3.42. The molecule has 1 aliphatic rings. The number of fused-ring (bicyclic) bond motifs is 1. The van der Waals surface area contributed by atoms with E-state index in [-0.39, 0.29) is 18.2 Å². The number of amides is 2. The van der Waals surface area contributed by atoms with Crippen LogP contribution >= 0.6 is 0 Å². The van der Waals surface area contributed by atoms with Crippen molar-refractivity contribution in [2.45, 2.75) is 39.8 Å². The van der Waals surface area contributed by atoms with E-state index in [1.807, 2.05) is 38.1 Å². The molecule has 0 saturated carbocycles. The predicted octanol–water partition coefficient (Wildman–Crippen LogP) is 2.45. The van der Waals surface area contributed by atoms with Crippen molar-refractivity contribution in [1.29, 1.82) is 0 Å². The molecule has 2 aromatic rings. The largest absolute Gasteiger partial charge is 0.479 e. The number of carbonyl (C=O) groups excluding carboxylic acids is 2. The number of carbonyl (C=O) groups is 2. The van der Waals surface area contributed by atoms with Gasteiger partial charge in [-0.25, -0.2) is 0 Å². The molecule has 2 amide bonds. The molecular weight excluding hydrogens is 334 g/mol. The van der Waals surface area contributed by atoms with Gasteiger partial charge in [0.2, 0.25) is 5.91 Å². The number of aryl methyl sites for hydroxylation is 2. The first-order chi connectivity index (χ1) is 12.4. The summed E-state index contributed by atoms with van der Waals surface area (Å²) in [6.45, 7) is 6.16. The van der Waals surface area contributed by atoms with E-state index in [0.717, 1.165) is 11.3 Å². The molecule has 2 heterocycles. The van der Waals surface area contributed by atoms with Gasteiger partial charge in [0, 0.05) is 25.6 Å². The standard InChI is InChI=1S/C19H23N3O4/c1-12-15(13(2)26-20-12)11-21(4)18(23)9-10-22-16-7-5-6-8-17(16)25-14(3)19(22)24/h5-8,14H,9-11H2,1-4H3. The lowest BCUT2D eigenvalue weighted by molar-refractivity contribution is -0.130. The van der Waals surface area contributed by atoms with E-state index in [2.05, 4.69) is 5.16 Å². The fourth-order valence-corrected chi connectivity index (χ4v) is 3.04. The van der Waals surface area contributed by atoms with E-state index in [1.165, 1.54) is 0 Å². The maximum absolute atomic E-state index is 12.5. The van der Waals surface area contributed by atoms with Crippen LogP contribution in [0, 0.1) is 13.8 Å². The van der Waals surface area contributed by atoms with Crippen LogP contribution in [-0.2, 0) is 16.1 Å². The summed E-state index contributed by atoms with van der Waals surface area (Å²) in [4.78, 5) is 28.3. The summed E-state index contributed by atoms with van der Waals surface area (Å²) in [5.74, 6) is 1.20. The molecule has 1 unspecified atom stereocenters. The molecule has 0 bridgehead atoms. The Morgan fingerprint density at radius 3 is 2.73 bits per heavy atom. The first-order valence-corrected chi connectivity index (χ1v) is 8.61. The Balaban J connectivity index is 1.66. The number of anilines is 1. The minimum atomic E-state index is -0.556. The molecule has 26 heavy (non-hydrogen) atoms. The number of aromatic nitrogens is 1. The van der Waals surface area contributed by atoms with E-state index >= 15 is 0 Å². The van der Waals surface area contributed by atoms with Gasteiger partial charge in [-0.15, -0.1) is 0 Å². The molecule has 0 spiro atoms. The Bertz CT molecular complexity index is 810. The fourth-order valence-electron chi connectivity index (χ4n) is 3.04. The molecule has 7 nitrogen and oxygen atoms in total. The average Bonchev–Trinajstić information content (AvgIpc) is 2.93. The third-order valence-corrected chi connectivity index (χ3v) is 4.63. The van der Waals surface area contributed by atoms with Crippen molar-refractivity contribution in [3.63, 3.8) is 0 Å². The van der Waals surface area contributed by atoms with Crippen LogP contribution in [0.4, 0.5) is 5.69 Å². The van der Waals surface area contributed by atoms with Crippen molar-refractivity contribution < 1.29 is 18.8 Å². The zero-order chi connectivity index (χ0) is 18.8. The fraction of sp³-hybridized carbons (Fsp3) is 0.421. The highest BCUT2D eigenvalue weighted by Crippen LogP contribution is 2.33. The average molecular weight is 357 g/mol. The number of rotatable bonds is 5. The van der Waals surface area contributed by atoms with Crippen LogP contribution < -0.4 is 9.64 Å². The SMILES string of the molecule is Cc1noc(C)c1CN(C)C(=O)CCN1C(=O)C(C)Oc2ccccc21. The molecule has 0 fully saturated rings. The molecule has 1 aromatic carbocycles. The zero-order valence-corrected chi connectivity index (χ0v) is 15.5. The quantitative estimate of drug-likeness (QED) is 0.822. The Morgan fingerprint density at radius 2 is 2.04 bits per heavy atom. The molecule has 0 saturated heterocycles. The maximum atomic E-state index is 12.5. The molecule has 0 N–H and O–H groups in total. The van der Waals surface area contributed by atoms with Gasteiger partial charge in [0.25, 0.3) is 5.91 Å². The predicted molar refractivity (Wildman–Crippen MR) is 96.0 cm³/mol. The minimum Gasteiger partial charge on any atom is -0.479 e. The Kier molecular flexibility index (Phi) is 4.97. The molecule has 1 atom stereocenters. The van der Waals surface area contributed by atoms with Crippen LogP contribution in [-0.4, -0.2) is 41.6 Å². The van der Waals surface area contributed by atoms with Crippen molar-refractivity contribution >= 4 is 17.5 Å². The number of ether oxygens (including phenoxy) is 1. The van der Waals surface area contributed by atoms with Crippen molar-refractivity contribution in [1.82, 2.24) is 10.1 Å². The highest BCUT2D eigenvalue weighted by Gasteiger charge is 2.31. The summed E-state index contributed by atoms with van der Waals surface area (Å²) in [6, 6.07) is 7.37. The summed E-state index contributed by atoms with van der Waals surface area (Å²) in [7, 11) is 1.74. The minimum absolute atomic E-state index is 0.0468. The zero-order valence-electron chi connectivity index (χ0n) is 15.5. The Labute approximate surface area is 152 Å². The number of nitrogens with zero attached hydrogens (tertiary/aromatic N) is 3. The van der Waals surface area contributed by atoms with Gasteiger partial charge in [-0.2, -0.15) is 0 Å². The number of hydrogen-bond acceptors (Lipinski definition) is 5. The first kappa shape index (κ1) is 18.0. The van der Waals surface area contributed by atoms with Crippen LogP contribution in [0.5, 0.6) is 5.75 Å². The van der Waals surface area contributed by atoms with Crippen molar-refractivity contribution in [2.24, 2.45) is 0 Å². The normalized spacial score (nSPS) is 16.2. The summed E-state index contributed by atoms with van der Waals surface area (Å²) >= 11 is 0. The molecule has 3 rings (SSSR count). The van der Waals surface area contributed by atoms with Crippen molar-refractivity contribution in [2.75, 3.05) is 18.5 Å². The molecule has 0 aliphatic carbocycles. The molecule has 138 valence electrons. The second-order valence-electron chi connectivity index (χ2n) is 6.52. The number of hydrogen-bond donors (Lipinski definition) is 0. The van der Waals surface area contributed by atoms with Gasteiger partial charge in [0.05, 0.1) is 17.9 Å². The van der Waals surface area contributed by atoms with Crippen molar-refractivity contribution in [3.05, 3.63) is 41.3 Å². The van der Waals surface area contributed by atoms with E-state index in [9.17, 15) is 9.59 Å². The molecule has 1 aliphatic heterocycles.